The summed E-state index contributed by atoms with van der Waals surface area (Å²) in [6.07, 6.45) is 8.36. The summed E-state index contributed by atoms with van der Waals surface area (Å²) in [7, 11) is 3.33. The van der Waals surface area contributed by atoms with Crippen LogP contribution in [-0.2, 0) is 25.6 Å². The number of aromatic nitrogens is 2. The average Bonchev–Trinajstić information content (AvgIpc) is 3.28. The third kappa shape index (κ3) is 2.60. The highest BCUT2D eigenvalue weighted by molar-refractivity contribution is 5.93. The topological polar surface area (TPSA) is 84.9 Å². The van der Waals surface area contributed by atoms with Crippen molar-refractivity contribution in [2.75, 3.05) is 33.9 Å². The molecule has 4 atom stereocenters. The van der Waals surface area contributed by atoms with Gasteiger partial charge in [-0.3, -0.25) is 19.6 Å². The molecule has 0 aromatic carbocycles. The minimum absolute atomic E-state index is 0.0276. The number of likely N-dealkylation sites (tertiary alicyclic amines) is 1. The molecule has 2 bridgehead atoms. The van der Waals surface area contributed by atoms with Crippen LogP contribution in [0.15, 0.2) is 30.7 Å². The van der Waals surface area contributed by atoms with E-state index >= 15 is 0 Å². The van der Waals surface area contributed by atoms with Crippen LogP contribution in [0.5, 0.6) is 0 Å². The van der Waals surface area contributed by atoms with Gasteiger partial charge >= 0.3 is 0 Å². The summed E-state index contributed by atoms with van der Waals surface area (Å²) >= 11 is 0. The van der Waals surface area contributed by atoms with Crippen molar-refractivity contribution in [1.29, 1.82) is 0 Å². The molecule has 26 heavy (non-hydrogen) atoms. The highest BCUT2D eigenvalue weighted by atomic mass is 16.5. The number of amides is 2. The van der Waals surface area contributed by atoms with Gasteiger partial charge in [0.1, 0.15) is 5.60 Å². The Morgan fingerprint density at radius 1 is 1.50 bits per heavy atom. The Morgan fingerprint density at radius 3 is 3.08 bits per heavy atom. The third-order valence-electron chi connectivity index (χ3n) is 5.42. The molecule has 138 valence electrons. The highest BCUT2D eigenvalue weighted by Crippen LogP contribution is 2.52. The minimum Gasteiger partial charge on any atom is -0.383 e. The maximum absolute atomic E-state index is 13.1. The van der Waals surface area contributed by atoms with Gasteiger partial charge in [0.2, 0.25) is 11.8 Å². The smallest absolute Gasteiger partial charge is 0.230 e. The Bertz CT molecular complexity index is 740. The van der Waals surface area contributed by atoms with Crippen LogP contribution in [0, 0.1) is 11.8 Å². The van der Waals surface area contributed by atoms with Gasteiger partial charge in [0.15, 0.2) is 0 Å². The SMILES string of the molecule is COCCN1C[C@]23C=C[C@H](O2)[C@@H](C(=O)N(C)Cc2cnccn2)[C@H]3C1=O. The number of nitrogens with zero attached hydrogens (tertiary/aromatic N) is 4. The first-order chi connectivity index (χ1) is 12.6. The van der Waals surface area contributed by atoms with Gasteiger partial charge in [-0.2, -0.15) is 0 Å². The lowest BCUT2D eigenvalue weighted by atomic mass is 9.76. The van der Waals surface area contributed by atoms with Crippen molar-refractivity contribution < 1.29 is 19.1 Å². The first-order valence-corrected chi connectivity index (χ1v) is 8.70. The van der Waals surface area contributed by atoms with Gasteiger partial charge in [0.25, 0.3) is 0 Å². The summed E-state index contributed by atoms with van der Waals surface area (Å²) in [4.78, 5) is 37.6. The number of ether oxygens (including phenoxy) is 2. The third-order valence-corrected chi connectivity index (χ3v) is 5.42. The van der Waals surface area contributed by atoms with Gasteiger partial charge in [0, 0.05) is 33.1 Å². The van der Waals surface area contributed by atoms with Crippen molar-refractivity contribution >= 4 is 11.8 Å². The Balaban J connectivity index is 1.53. The first kappa shape index (κ1) is 17.1. The molecule has 1 aromatic rings. The fourth-order valence-corrected chi connectivity index (χ4v) is 4.24. The molecule has 0 N–H and O–H groups in total. The van der Waals surface area contributed by atoms with Crippen molar-refractivity contribution in [2.24, 2.45) is 11.8 Å². The summed E-state index contributed by atoms with van der Waals surface area (Å²) in [6, 6.07) is 0. The van der Waals surface area contributed by atoms with Crippen molar-refractivity contribution in [3.8, 4) is 0 Å². The Labute approximate surface area is 151 Å². The van der Waals surface area contributed by atoms with Crippen LogP contribution in [0.4, 0.5) is 0 Å². The van der Waals surface area contributed by atoms with E-state index in [0.29, 0.717) is 31.9 Å². The van der Waals surface area contributed by atoms with Gasteiger partial charge in [-0.05, 0) is 0 Å². The summed E-state index contributed by atoms with van der Waals surface area (Å²) in [5.74, 6) is -1.09. The van der Waals surface area contributed by atoms with Crippen LogP contribution >= 0.6 is 0 Å². The second-order valence-electron chi connectivity index (χ2n) is 7.04. The van der Waals surface area contributed by atoms with Gasteiger partial charge < -0.3 is 19.3 Å². The van der Waals surface area contributed by atoms with E-state index in [9.17, 15) is 9.59 Å². The Morgan fingerprint density at radius 2 is 2.35 bits per heavy atom. The predicted octanol–water partition coefficient (Wildman–Crippen LogP) is -0.137. The number of hydrogen-bond acceptors (Lipinski definition) is 6. The fourth-order valence-electron chi connectivity index (χ4n) is 4.24. The normalized spacial score (nSPS) is 31.5. The lowest BCUT2D eigenvalue weighted by Gasteiger charge is -2.27. The van der Waals surface area contributed by atoms with Crippen LogP contribution in [0.25, 0.3) is 0 Å². The Hall–Kier alpha value is -2.32. The molecule has 2 fully saturated rings. The molecule has 4 heterocycles. The van der Waals surface area contributed by atoms with Crippen LogP contribution < -0.4 is 0 Å². The molecule has 2 saturated heterocycles. The van der Waals surface area contributed by atoms with Crippen LogP contribution in [-0.4, -0.2) is 77.1 Å². The van der Waals surface area contributed by atoms with Crippen molar-refractivity contribution in [3.05, 3.63) is 36.4 Å². The van der Waals surface area contributed by atoms with Gasteiger partial charge in [-0.15, -0.1) is 0 Å². The molecule has 2 amide bonds. The van der Waals surface area contributed by atoms with E-state index in [0.717, 1.165) is 0 Å². The van der Waals surface area contributed by atoms with Gasteiger partial charge in [-0.1, -0.05) is 12.2 Å². The Kier molecular flexibility index (Phi) is 4.24. The van der Waals surface area contributed by atoms with Crippen LogP contribution in [0.2, 0.25) is 0 Å². The number of rotatable bonds is 6. The summed E-state index contributed by atoms with van der Waals surface area (Å²) in [5.41, 5.74) is 0.0283. The van der Waals surface area contributed by atoms with Crippen molar-refractivity contribution in [2.45, 2.75) is 18.2 Å². The van der Waals surface area contributed by atoms with E-state index in [1.165, 1.54) is 0 Å². The summed E-state index contributed by atoms with van der Waals surface area (Å²) in [5, 5.41) is 0. The monoisotopic (exact) mass is 358 g/mol. The zero-order valence-electron chi connectivity index (χ0n) is 14.9. The molecule has 0 radical (unpaired) electrons. The molecule has 0 unspecified atom stereocenters. The second kappa shape index (κ2) is 6.44. The van der Waals surface area contributed by atoms with E-state index in [-0.39, 0.29) is 17.9 Å². The molecule has 4 rings (SSSR count). The maximum Gasteiger partial charge on any atom is 0.230 e. The minimum atomic E-state index is -0.677. The van der Waals surface area contributed by atoms with Gasteiger partial charge in [0.05, 0.1) is 49.5 Å². The number of carbonyl (C=O) groups is 2. The van der Waals surface area contributed by atoms with E-state index in [1.807, 2.05) is 12.2 Å². The first-order valence-electron chi connectivity index (χ1n) is 8.70. The van der Waals surface area contributed by atoms with E-state index < -0.39 is 17.4 Å². The van der Waals surface area contributed by atoms with Gasteiger partial charge in [-0.25, -0.2) is 0 Å². The molecular weight excluding hydrogens is 336 g/mol. The molecule has 8 heteroatoms. The second-order valence-corrected chi connectivity index (χ2v) is 7.04. The number of fused-ring (bicyclic) bond motifs is 1. The lowest BCUT2D eigenvalue weighted by Crippen LogP contribution is -2.44. The van der Waals surface area contributed by atoms with Crippen LogP contribution in [0.3, 0.4) is 0 Å². The van der Waals surface area contributed by atoms with Crippen molar-refractivity contribution in [3.63, 3.8) is 0 Å². The predicted molar refractivity (Wildman–Crippen MR) is 90.7 cm³/mol. The molecule has 3 aliphatic rings. The molecule has 0 aliphatic carbocycles. The lowest BCUT2D eigenvalue weighted by molar-refractivity contribution is -0.142. The standard InChI is InChI=1S/C18H22N4O4/c1-21(10-12-9-19-5-6-20-12)16(23)14-13-3-4-18(26-13)11-22(7-8-25-2)17(24)15(14)18/h3-6,9,13-15H,7-8,10-11H2,1-2H3/t13-,14+,15-,18-/m0/s1. The molecule has 1 aromatic heterocycles. The molecule has 3 aliphatic heterocycles. The van der Waals surface area contributed by atoms with Crippen LogP contribution in [0.1, 0.15) is 5.69 Å². The molecular formula is C18H22N4O4. The number of methoxy groups -OCH3 is 1. The zero-order chi connectivity index (χ0) is 18.3. The van der Waals surface area contributed by atoms with E-state index in [4.69, 9.17) is 9.47 Å². The van der Waals surface area contributed by atoms with E-state index in [2.05, 4.69) is 9.97 Å². The maximum atomic E-state index is 13.1. The zero-order valence-corrected chi connectivity index (χ0v) is 14.9. The number of hydrogen-bond donors (Lipinski definition) is 0. The van der Waals surface area contributed by atoms with E-state index in [1.54, 1.807) is 42.5 Å². The largest absolute Gasteiger partial charge is 0.383 e. The highest BCUT2D eigenvalue weighted by Gasteiger charge is 2.66. The summed E-state index contributed by atoms with van der Waals surface area (Å²) in [6.45, 7) is 1.80. The number of carbonyl (C=O) groups excluding carboxylic acids is 2. The molecule has 1 spiro atoms. The quantitative estimate of drug-likeness (QED) is 0.659. The molecule has 8 nitrogen and oxygen atoms in total. The fraction of sp³-hybridized carbons (Fsp3) is 0.556. The molecule has 0 saturated carbocycles. The summed E-state index contributed by atoms with van der Waals surface area (Å²) < 4.78 is 11.2. The average molecular weight is 358 g/mol. The van der Waals surface area contributed by atoms with Crippen molar-refractivity contribution in [1.82, 2.24) is 19.8 Å².